The molecule has 218 valence electrons. The summed E-state index contributed by atoms with van der Waals surface area (Å²) in [5, 5.41) is 20.1. The lowest BCUT2D eigenvalue weighted by molar-refractivity contribution is -0.127. The third-order valence-corrected chi connectivity index (χ3v) is 6.34. The summed E-state index contributed by atoms with van der Waals surface area (Å²) in [6.45, 7) is 0.441. The van der Waals surface area contributed by atoms with E-state index in [1.807, 2.05) is 30.3 Å². The summed E-state index contributed by atoms with van der Waals surface area (Å²) in [5.41, 5.74) is 2.68. The first-order valence-electron chi connectivity index (χ1n) is 13.1. The molecule has 2 atom stereocenters. The van der Waals surface area contributed by atoms with Gasteiger partial charge in [-0.2, -0.15) is 4.68 Å². The van der Waals surface area contributed by atoms with E-state index >= 15 is 0 Å². The van der Waals surface area contributed by atoms with Gasteiger partial charge in [-0.05, 0) is 52.8 Å². The number of benzene rings is 2. The van der Waals surface area contributed by atoms with Crippen LogP contribution < -0.4 is 16.0 Å². The minimum Gasteiger partial charge on any atom is -0.447 e. The Kier molecular flexibility index (Phi) is 11.0. The van der Waals surface area contributed by atoms with E-state index in [2.05, 4.69) is 31.5 Å². The third kappa shape index (κ3) is 9.11. The maximum absolute atomic E-state index is 13.3. The molecule has 0 bridgehead atoms. The van der Waals surface area contributed by atoms with Gasteiger partial charge in [-0.15, -0.1) is 5.10 Å². The average molecular weight is 592 g/mol. The zero-order valence-electron chi connectivity index (χ0n) is 22.8. The zero-order valence-corrected chi connectivity index (χ0v) is 23.5. The minimum absolute atomic E-state index is 0.140. The van der Waals surface area contributed by atoms with E-state index in [1.54, 1.807) is 42.5 Å². The maximum atomic E-state index is 13.3. The Morgan fingerprint density at radius 3 is 2.71 bits per heavy atom. The van der Waals surface area contributed by atoms with Gasteiger partial charge in [-0.3, -0.25) is 14.9 Å². The molecular formula is C29H30ClN7O5. The van der Waals surface area contributed by atoms with Gasteiger partial charge in [-0.1, -0.05) is 54.1 Å². The van der Waals surface area contributed by atoms with Crippen LogP contribution in [0.1, 0.15) is 17.5 Å². The number of hydrogen-bond donors (Lipinski definition) is 3. The number of allylic oxidation sites excluding steroid dienone is 1. The third-order valence-electron chi connectivity index (χ3n) is 6.11. The Bertz CT molecular complexity index is 1460. The molecule has 1 unspecified atom stereocenters. The van der Waals surface area contributed by atoms with Crippen LogP contribution in [0.2, 0.25) is 5.02 Å². The molecular weight excluding hydrogens is 562 g/mol. The summed E-state index contributed by atoms with van der Waals surface area (Å²) in [7, 11) is 1.52. The first kappa shape index (κ1) is 30.2. The van der Waals surface area contributed by atoms with Crippen molar-refractivity contribution in [3.05, 3.63) is 101 Å². The van der Waals surface area contributed by atoms with Crippen LogP contribution in [0.3, 0.4) is 0 Å². The van der Waals surface area contributed by atoms with Gasteiger partial charge in [0.05, 0.1) is 18.3 Å². The zero-order chi connectivity index (χ0) is 29.7. The molecule has 0 radical (unpaired) electrons. The second kappa shape index (κ2) is 15.3. The number of carbonyl (C=O) groups excluding carboxylic acids is 3. The second-order valence-electron chi connectivity index (χ2n) is 9.16. The van der Waals surface area contributed by atoms with Crippen molar-refractivity contribution in [1.29, 1.82) is 0 Å². The van der Waals surface area contributed by atoms with Crippen molar-refractivity contribution < 1.29 is 23.9 Å². The van der Waals surface area contributed by atoms with Crippen LogP contribution in [0, 0.1) is 0 Å². The van der Waals surface area contributed by atoms with E-state index < -0.39 is 18.0 Å². The number of aromatic nitrogens is 4. The molecule has 0 saturated heterocycles. The first-order chi connectivity index (χ1) is 20.4. The molecule has 42 heavy (non-hydrogen) atoms. The Balaban J connectivity index is 1.40. The van der Waals surface area contributed by atoms with E-state index in [1.165, 1.54) is 24.2 Å². The predicted octanol–water partition coefficient (Wildman–Crippen LogP) is 2.76. The van der Waals surface area contributed by atoms with Gasteiger partial charge in [0.1, 0.15) is 19.0 Å². The number of tetrazole rings is 1. The van der Waals surface area contributed by atoms with Crippen molar-refractivity contribution in [2.45, 2.75) is 24.9 Å². The Hall–Kier alpha value is -4.81. The van der Waals surface area contributed by atoms with Crippen LogP contribution >= 0.6 is 11.6 Å². The molecule has 1 heterocycles. The molecule has 0 spiro atoms. The lowest BCUT2D eigenvalue weighted by Crippen LogP contribution is -2.50. The molecule has 3 aromatic rings. The SMILES string of the molecule is COCCOC(=O)NC1=CCC(NC(=O)[C@H](Cc2ccccc2)NC(=O)/C=C/c2cc(Cl)ccc2-n2cnnn2)C=C1. The van der Waals surface area contributed by atoms with E-state index in [0.29, 0.717) is 35.0 Å². The number of ether oxygens (including phenoxy) is 2. The standard InChI is InChI=1S/C29H30ClN7O5/c1-41-15-16-42-29(40)33-24-11-9-23(10-12-24)32-28(39)25(17-20-5-3-2-4-6-20)34-27(38)14-7-21-18-22(30)8-13-26(21)37-19-31-35-36-37/h2-9,11-14,18-19,23,25H,10,15-17H2,1H3,(H,32,39)(H,33,40)(H,34,38)/b14-7+/t23?,25-/m0/s1. The summed E-state index contributed by atoms with van der Waals surface area (Å²) in [4.78, 5) is 38.2. The molecule has 1 aromatic heterocycles. The molecule has 2 aromatic carbocycles. The van der Waals surface area contributed by atoms with Crippen LogP contribution in [0.5, 0.6) is 0 Å². The number of carbonyl (C=O) groups is 3. The van der Waals surface area contributed by atoms with Crippen LogP contribution in [0.15, 0.2) is 84.9 Å². The highest BCUT2D eigenvalue weighted by atomic mass is 35.5. The number of amides is 3. The molecule has 12 nitrogen and oxygen atoms in total. The molecule has 13 heteroatoms. The van der Waals surface area contributed by atoms with Crippen LogP contribution in [-0.4, -0.2) is 70.5 Å². The van der Waals surface area contributed by atoms with Crippen molar-refractivity contribution >= 4 is 35.6 Å². The molecule has 0 aliphatic heterocycles. The van der Waals surface area contributed by atoms with E-state index in [4.69, 9.17) is 21.1 Å². The fraction of sp³-hybridized carbons (Fsp3) is 0.241. The van der Waals surface area contributed by atoms with E-state index in [0.717, 1.165) is 5.56 Å². The number of hydrogen-bond acceptors (Lipinski definition) is 8. The molecule has 0 fully saturated rings. The summed E-state index contributed by atoms with van der Waals surface area (Å²) >= 11 is 6.17. The first-order valence-corrected chi connectivity index (χ1v) is 13.5. The fourth-order valence-electron chi connectivity index (χ4n) is 4.06. The maximum Gasteiger partial charge on any atom is 0.411 e. The van der Waals surface area contributed by atoms with E-state index in [9.17, 15) is 14.4 Å². The highest BCUT2D eigenvalue weighted by molar-refractivity contribution is 6.30. The number of methoxy groups -OCH3 is 1. The van der Waals surface area contributed by atoms with Crippen LogP contribution in [0.25, 0.3) is 11.8 Å². The van der Waals surface area contributed by atoms with Gasteiger partial charge >= 0.3 is 6.09 Å². The number of halogens is 1. The molecule has 3 amide bonds. The summed E-state index contributed by atoms with van der Waals surface area (Å²) in [5.74, 6) is -0.817. The lowest BCUT2D eigenvalue weighted by Gasteiger charge is -2.23. The van der Waals surface area contributed by atoms with E-state index in [-0.39, 0.29) is 25.0 Å². The van der Waals surface area contributed by atoms with Crippen molar-refractivity contribution in [3.8, 4) is 5.69 Å². The van der Waals surface area contributed by atoms with Gasteiger partial charge in [0.15, 0.2) is 0 Å². The predicted molar refractivity (Wildman–Crippen MR) is 155 cm³/mol. The number of alkyl carbamates (subject to hydrolysis) is 1. The molecule has 3 N–H and O–H groups in total. The summed E-state index contributed by atoms with van der Waals surface area (Å²) in [6, 6.07) is 13.3. The van der Waals surface area contributed by atoms with Gasteiger partial charge in [-0.25, -0.2) is 4.79 Å². The van der Waals surface area contributed by atoms with Crippen molar-refractivity contribution in [2.24, 2.45) is 0 Å². The molecule has 4 rings (SSSR count). The topological polar surface area (TPSA) is 149 Å². The van der Waals surface area contributed by atoms with Crippen LogP contribution in [-0.2, 0) is 25.5 Å². The minimum atomic E-state index is -0.851. The Morgan fingerprint density at radius 2 is 2.00 bits per heavy atom. The average Bonchev–Trinajstić information content (AvgIpc) is 3.52. The van der Waals surface area contributed by atoms with Gasteiger partial charge in [0.2, 0.25) is 11.8 Å². The quantitative estimate of drug-likeness (QED) is 0.215. The normalized spacial score (nSPS) is 15.1. The van der Waals surface area contributed by atoms with Gasteiger partial charge in [0, 0.05) is 35.9 Å². The van der Waals surface area contributed by atoms with Crippen molar-refractivity contribution in [2.75, 3.05) is 20.3 Å². The number of nitrogens with one attached hydrogen (secondary N) is 3. The molecule has 0 saturated carbocycles. The molecule has 1 aliphatic rings. The van der Waals surface area contributed by atoms with Gasteiger partial charge in [0.25, 0.3) is 0 Å². The number of nitrogens with zero attached hydrogens (tertiary/aromatic N) is 4. The second-order valence-corrected chi connectivity index (χ2v) is 9.60. The Morgan fingerprint density at radius 1 is 1.17 bits per heavy atom. The highest BCUT2D eigenvalue weighted by Crippen LogP contribution is 2.20. The molecule has 1 aliphatic carbocycles. The largest absolute Gasteiger partial charge is 0.447 e. The smallest absolute Gasteiger partial charge is 0.411 e. The summed E-state index contributed by atoms with van der Waals surface area (Å²) in [6.07, 6.45) is 9.72. The highest BCUT2D eigenvalue weighted by Gasteiger charge is 2.23. The van der Waals surface area contributed by atoms with Gasteiger partial charge < -0.3 is 20.1 Å². The lowest BCUT2D eigenvalue weighted by atomic mass is 10.0. The number of rotatable bonds is 12. The van der Waals surface area contributed by atoms with Crippen molar-refractivity contribution in [1.82, 2.24) is 36.2 Å². The fourth-order valence-corrected chi connectivity index (χ4v) is 4.24. The Labute approximate surface area is 247 Å². The summed E-state index contributed by atoms with van der Waals surface area (Å²) < 4.78 is 11.3. The van der Waals surface area contributed by atoms with Crippen LogP contribution in [0.4, 0.5) is 4.79 Å². The monoisotopic (exact) mass is 591 g/mol. The van der Waals surface area contributed by atoms with Crippen molar-refractivity contribution in [3.63, 3.8) is 0 Å².